The fourth-order valence-corrected chi connectivity index (χ4v) is 3.00. The Hall–Kier alpha value is -2.72. The largest absolute Gasteiger partial charge is 0.456 e. The van der Waals surface area contributed by atoms with Gasteiger partial charge in [0, 0.05) is 22.0 Å². The van der Waals surface area contributed by atoms with Gasteiger partial charge in [-0.25, -0.2) is 0 Å². The Morgan fingerprint density at radius 1 is 1.04 bits per heavy atom. The quantitative estimate of drug-likeness (QED) is 0.487. The summed E-state index contributed by atoms with van der Waals surface area (Å²) in [6.07, 6.45) is -0.0638. The van der Waals surface area contributed by atoms with Gasteiger partial charge < -0.3 is 20.7 Å². The lowest BCUT2D eigenvalue weighted by molar-refractivity contribution is -0.148. The van der Waals surface area contributed by atoms with Crippen molar-refractivity contribution in [3.63, 3.8) is 0 Å². The summed E-state index contributed by atoms with van der Waals surface area (Å²) in [4.78, 5) is 46.8. The van der Waals surface area contributed by atoms with E-state index in [1.54, 1.807) is 35.0 Å². The lowest BCUT2D eigenvalue weighted by atomic mass is 10.3. The van der Waals surface area contributed by atoms with Crippen LogP contribution in [0.15, 0.2) is 45.6 Å². The van der Waals surface area contributed by atoms with Crippen LogP contribution in [-0.4, -0.2) is 43.4 Å². The van der Waals surface area contributed by atoms with Crippen molar-refractivity contribution in [1.29, 1.82) is 0 Å². The molecule has 0 radical (unpaired) electrons. The Kier molecular flexibility index (Phi) is 8.63. The molecule has 0 atom stereocenters. The Morgan fingerprint density at radius 3 is 2.54 bits per heavy atom. The highest BCUT2D eigenvalue weighted by Gasteiger charge is 2.11. The van der Waals surface area contributed by atoms with Gasteiger partial charge in [0.25, 0.3) is 11.8 Å². The van der Waals surface area contributed by atoms with Crippen LogP contribution in [0.3, 0.4) is 0 Å². The van der Waals surface area contributed by atoms with E-state index in [1.807, 2.05) is 6.07 Å². The van der Waals surface area contributed by atoms with Gasteiger partial charge in [-0.2, -0.15) is 11.3 Å². The summed E-state index contributed by atoms with van der Waals surface area (Å²) in [5.41, 5.74) is 1.11. The second kappa shape index (κ2) is 11.2. The number of carbonyl (C=O) groups is 4. The van der Waals surface area contributed by atoms with Gasteiger partial charge in [0.2, 0.25) is 5.91 Å². The molecule has 2 rings (SSSR count). The summed E-state index contributed by atoms with van der Waals surface area (Å²) in [7, 11) is 0. The molecule has 0 spiro atoms. The molecule has 0 saturated heterocycles. The van der Waals surface area contributed by atoms with E-state index in [-0.39, 0.29) is 25.4 Å². The maximum absolute atomic E-state index is 11.8. The maximum atomic E-state index is 11.8. The molecule has 0 saturated carbocycles. The second-order valence-corrected chi connectivity index (χ2v) is 7.12. The van der Waals surface area contributed by atoms with E-state index >= 15 is 0 Å². The number of hydrogen-bond donors (Lipinski definition) is 3. The van der Waals surface area contributed by atoms with Crippen molar-refractivity contribution in [2.45, 2.75) is 6.42 Å². The molecular formula is C18H18BrN3O5S. The molecule has 0 bridgehead atoms. The summed E-state index contributed by atoms with van der Waals surface area (Å²) < 4.78 is 5.52. The molecular weight excluding hydrogens is 450 g/mol. The minimum Gasteiger partial charge on any atom is -0.456 e. The lowest BCUT2D eigenvalue weighted by Crippen LogP contribution is -2.36. The van der Waals surface area contributed by atoms with Crippen molar-refractivity contribution in [3.8, 4) is 0 Å². The fraction of sp³-hybridized carbons (Fsp3) is 0.222. The molecule has 10 heteroatoms. The predicted octanol–water partition coefficient (Wildman–Crippen LogP) is 1.93. The Labute approximate surface area is 173 Å². The average Bonchev–Trinajstić information content (AvgIpc) is 3.21. The zero-order valence-electron chi connectivity index (χ0n) is 14.7. The van der Waals surface area contributed by atoms with E-state index < -0.39 is 24.4 Å². The van der Waals surface area contributed by atoms with Crippen LogP contribution in [-0.2, 0) is 19.1 Å². The molecule has 1 aromatic heterocycles. The first-order chi connectivity index (χ1) is 13.5. The first-order valence-electron chi connectivity index (χ1n) is 8.23. The third kappa shape index (κ3) is 7.49. The number of esters is 1. The number of hydrogen-bond acceptors (Lipinski definition) is 6. The second-order valence-electron chi connectivity index (χ2n) is 5.48. The van der Waals surface area contributed by atoms with Crippen LogP contribution in [0.2, 0.25) is 0 Å². The van der Waals surface area contributed by atoms with Crippen molar-refractivity contribution < 1.29 is 23.9 Å². The number of halogens is 1. The maximum Gasteiger partial charge on any atom is 0.308 e. The van der Waals surface area contributed by atoms with Crippen LogP contribution < -0.4 is 16.0 Å². The highest BCUT2D eigenvalue weighted by atomic mass is 79.9. The van der Waals surface area contributed by atoms with Gasteiger partial charge >= 0.3 is 5.97 Å². The van der Waals surface area contributed by atoms with E-state index in [2.05, 4.69) is 31.9 Å². The number of amides is 3. The number of rotatable bonds is 9. The number of para-hydroxylation sites is 1. The molecule has 28 heavy (non-hydrogen) atoms. The van der Waals surface area contributed by atoms with Crippen molar-refractivity contribution in [1.82, 2.24) is 10.6 Å². The van der Waals surface area contributed by atoms with E-state index in [1.165, 1.54) is 11.3 Å². The molecule has 0 aliphatic carbocycles. The van der Waals surface area contributed by atoms with Gasteiger partial charge in [0.15, 0.2) is 6.61 Å². The van der Waals surface area contributed by atoms with Crippen LogP contribution in [0.25, 0.3) is 0 Å². The topological polar surface area (TPSA) is 114 Å². The summed E-state index contributed by atoms with van der Waals surface area (Å²) in [6, 6.07) is 8.74. The average molecular weight is 468 g/mol. The van der Waals surface area contributed by atoms with Crippen LogP contribution in [0, 0.1) is 0 Å². The molecule has 3 N–H and O–H groups in total. The van der Waals surface area contributed by atoms with Gasteiger partial charge in [0.1, 0.15) is 0 Å². The molecule has 2 aromatic rings. The lowest BCUT2D eigenvalue weighted by Gasteiger charge is -2.09. The van der Waals surface area contributed by atoms with Crippen LogP contribution in [0.1, 0.15) is 16.8 Å². The number of nitrogens with one attached hydrogen (secondary N) is 3. The number of thiophene rings is 1. The standard InChI is InChI=1S/C18H18BrN3O5S/c19-13-3-1-2-4-14(13)22-15(23)9-21-16(24)10-27-17(25)5-7-20-18(26)12-6-8-28-11-12/h1-4,6,8,11H,5,7,9-10H2,(H,20,26)(H,21,24)(H,22,23). The van der Waals surface area contributed by atoms with Crippen molar-refractivity contribution in [2.75, 3.05) is 25.0 Å². The van der Waals surface area contributed by atoms with Gasteiger partial charge in [0.05, 0.1) is 18.7 Å². The number of ether oxygens (including phenoxy) is 1. The van der Waals surface area contributed by atoms with Gasteiger partial charge in [-0.1, -0.05) is 12.1 Å². The first-order valence-corrected chi connectivity index (χ1v) is 9.96. The first kappa shape index (κ1) is 21.6. The van der Waals surface area contributed by atoms with Gasteiger partial charge in [-0.15, -0.1) is 0 Å². The highest BCUT2D eigenvalue weighted by molar-refractivity contribution is 9.10. The predicted molar refractivity (Wildman–Crippen MR) is 108 cm³/mol. The monoisotopic (exact) mass is 467 g/mol. The third-order valence-corrected chi connectivity index (χ3v) is 4.73. The number of carbonyl (C=O) groups excluding carboxylic acids is 4. The van der Waals surface area contributed by atoms with Crippen LogP contribution >= 0.6 is 27.3 Å². The summed E-state index contributed by atoms with van der Waals surface area (Å²) in [6.45, 7) is -0.655. The fourth-order valence-electron chi connectivity index (χ4n) is 1.98. The normalized spacial score (nSPS) is 10.0. The van der Waals surface area contributed by atoms with Crippen molar-refractivity contribution >= 4 is 56.6 Å². The molecule has 1 aromatic carbocycles. The molecule has 0 fully saturated rings. The van der Waals surface area contributed by atoms with E-state index in [9.17, 15) is 19.2 Å². The van der Waals surface area contributed by atoms with Crippen molar-refractivity contribution in [2.24, 2.45) is 0 Å². The van der Waals surface area contributed by atoms with E-state index in [4.69, 9.17) is 4.74 Å². The minimum absolute atomic E-state index is 0.0638. The number of anilines is 1. The minimum atomic E-state index is -0.626. The van der Waals surface area contributed by atoms with E-state index in [0.29, 0.717) is 11.3 Å². The molecule has 0 unspecified atom stereocenters. The third-order valence-electron chi connectivity index (χ3n) is 3.36. The molecule has 0 aliphatic rings. The molecule has 1 heterocycles. The molecule has 0 aliphatic heterocycles. The Morgan fingerprint density at radius 2 is 1.82 bits per heavy atom. The zero-order valence-corrected chi connectivity index (χ0v) is 17.1. The Balaban J connectivity index is 1.58. The Bertz CT molecular complexity index is 842. The molecule has 3 amide bonds. The van der Waals surface area contributed by atoms with Crippen LogP contribution in [0.4, 0.5) is 5.69 Å². The molecule has 148 valence electrons. The zero-order chi connectivity index (χ0) is 20.4. The SMILES string of the molecule is O=C(COC(=O)CCNC(=O)c1ccsc1)NCC(=O)Nc1ccccc1Br. The summed E-state index contributed by atoms with van der Waals surface area (Å²) in [5, 5.41) is 11.0. The van der Waals surface area contributed by atoms with E-state index in [0.717, 1.165) is 4.47 Å². The summed E-state index contributed by atoms with van der Waals surface area (Å²) >= 11 is 4.70. The van der Waals surface area contributed by atoms with Gasteiger partial charge in [-0.3, -0.25) is 19.2 Å². The van der Waals surface area contributed by atoms with Gasteiger partial charge in [-0.05, 0) is 39.5 Å². The summed E-state index contributed by atoms with van der Waals surface area (Å²) in [5.74, 6) is -1.91. The van der Waals surface area contributed by atoms with Crippen molar-refractivity contribution in [3.05, 3.63) is 51.1 Å². The highest BCUT2D eigenvalue weighted by Crippen LogP contribution is 2.20. The van der Waals surface area contributed by atoms with Crippen LogP contribution in [0.5, 0.6) is 0 Å². The smallest absolute Gasteiger partial charge is 0.308 e. The molecule has 8 nitrogen and oxygen atoms in total. The number of benzene rings is 1.